The van der Waals surface area contributed by atoms with Crippen LogP contribution in [0.25, 0.3) is 0 Å². The molecule has 4 heteroatoms. The third kappa shape index (κ3) is 4.34. The van der Waals surface area contributed by atoms with Crippen LogP contribution >= 0.6 is 0 Å². The Morgan fingerprint density at radius 3 is 2.70 bits per heavy atom. The average Bonchev–Trinajstić information content (AvgIpc) is 2.50. The summed E-state index contributed by atoms with van der Waals surface area (Å²) in [5.74, 6) is 0.185. The van der Waals surface area contributed by atoms with Crippen LogP contribution < -0.4 is 0 Å². The summed E-state index contributed by atoms with van der Waals surface area (Å²) < 4.78 is 5.17. The average molecular weight is 317 g/mol. The summed E-state index contributed by atoms with van der Waals surface area (Å²) in [6, 6.07) is 5.69. The summed E-state index contributed by atoms with van der Waals surface area (Å²) in [6.45, 7) is 8.97. The molecule has 2 unspecified atom stereocenters. The lowest BCUT2D eigenvalue weighted by Crippen LogP contribution is -2.51. The second kappa shape index (κ2) is 7.62. The van der Waals surface area contributed by atoms with Gasteiger partial charge in [0.1, 0.15) is 6.04 Å². The van der Waals surface area contributed by atoms with E-state index in [9.17, 15) is 9.59 Å². The molecule has 1 amide bonds. The van der Waals surface area contributed by atoms with Crippen molar-refractivity contribution in [3.8, 4) is 0 Å². The van der Waals surface area contributed by atoms with E-state index in [1.807, 2.05) is 26.0 Å². The zero-order valence-corrected chi connectivity index (χ0v) is 14.6. The molecule has 1 saturated heterocycles. The lowest BCUT2D eigenvalue weighted by atomic mass is 9.91. The molecule has 1 aliphatic rings. The van der Waals surface area contributed by atoms with Gasteiger partial charge in [0.2, 0.25) is 5.91 Å². The Morgan fingerprint density at radius 2 is 2.04 bits per heavy atom. The van der Waals surface area contributed by atoms with Crippen LogP contribution in [0, 0.1) is 19.8 Å². The van der Waals surface area contributed by atoms with E-state index in [1.54, 1.807) is 11.8 Å². The van der Waals surface area contributed by atoms with Gasteiger partial charge in [0.05, 0.1) is 13.0 Å². The number of nitrogens with zero attached hydrogens (tertiary/aromatic N) is 1. The van der Waals surface area contributed by atoms with Crippen molar-refractivity contribution < 1.29 is 14.3 Å². The number of likely N-dealkylation sites (tertiary alicyclic amines) is 1. The number of ether oxygens (including phenoxy) is 1. The standard InChI is InChI=1S/C19H27NO3/c1-5-23-19(22)17-11-14(3)8-9-20(17)18(21)12-16-7-6-13(2)10-15(16)4/h6-7,10,14,17H,5,8-9,11-12H2,1-4H3. The molecule has 2 atom stereocenters. The van der Waals surface area contributed by atoms with Crippen molar-refractivity contribution >= 4 is 11.9 Å². The summed E-state index contributed by atoms with van der Waals surface area (Å²) in [5, 5.41) is 0. The first-order valence-corrected chi connectivity index (χ1v) is 8.44. The number of benzene rings is 1. The van der Waals surface area contributed by atoms with E-state index in [0.29, 0.717) is 31.9 Å². The van der Waals surface area contributed by atoms with Crippen LogP contribution in [0.15, 0.2) is 18.2 Å². The van der Waals surface area contributed by atoms with Crippen molar-refractivity contribution in [1.29, 1.82) is 0 Å². The van der Waals surface area contributed by atoms with E-state index in [4.69, 9.17) is 4.74 Å². The van der Waals surface area contributed by atoms with Crippen LogP contribution in [0.1, 0.15) is 43.4 Å². The van der Waals surface area contributed by atoms with Gasteiger partial charge in [0, 0.05) is 6.54 Å². The molecule has 0 saturated carbocycles. The van der Waals surface area contributed by atoms with Crippen molar-refractivity contribution in [3.05, 3.63) is 34.9 Å². The molecule has 0 aromatic heterocycles. The van der Waals surface area contributed by atoms with Crippen LogP contribution in [-0.2, 0) is 20.7 Å². The van der Waals surface area contributed by atoms with E-state index in [1.165, 1.54) is 5.56 Å². The molecule has 0 aliphatic carbocycles. The van der Waals surface area contributed by atoms with Crippen molar-refractivity contribution in [2.45, 2.75) is 53.0 Å². The number of hydrogen-bond acceptors (Lipinski definition) is 3. The molecule has 1 aromatic carbocycles. The highest BCUT2D eigenvalue weighted by Gasteiger charge is 2.35. The number of amides is 1. The molecular formula is C19H27NO3. The van der Waals surface area contributed by atoms with Gasteiger partial charge in [-0.1, -0.05) is 30.7 Å². The van der Waals surface area contributed by atoms with Gasteiger partial charge in [-0.2, -0.15) is 0 Å². The third-order valence-electron chi connectivity index (χ3n) is 4.58. The molecule has 1 aliphatic heterocycles. The van der Waals surface area contributed by atoms with Gasteiger partial charge in [-0.3, -0.25) is 4.79 Å². The maximum atomic E-state index is 12.7. The summed E-state index contributed by atoms with van der Waals surface area (Å²) in [5.41, 5.74) is 3.34. The van der Waals surface area contributed by atoms with Crippen LogP contribution in [0.5, 0.6) is 0 Å². The fraction of sp³-hybridized carbons (Fsp3) is 0.579. The summed E-state index contributed by atoms with van der Waals surface area (Å²) >= 11 is 0. The van der Waals surface area contributed by atoms with Gasteiger partial charge in [-0.15, -0.1) is 0 Å². The SMILES string of the molecule is CCOC(=O)C1CC(C)CCN1C(=O)Cc1ccc(C)cc1C. The van der Waals surface area contributed by atoms with E-state index in [2.05, 4.69) is 13.0 Å². The molecule has 23 heavy (non-hydrogen) atoms. The molecule has 0 spiro atoms. The van der Waals surface area contributed by atoms with Gasteiger partial charge in [0.15, 0.2) is 0 Å². The molecule has 1 fully saturated rings. The molecule has 0 bridgehead atoms. The Balaban J connectivity index is 2.13. The van der Waals surface area contributed by atoms with Gasteiger partial charge in [-0.25, -0.2) is 4.79 Å². The monoisotopic (exact) mass is 317 g/mol. The van der Waals surface area contributed by atoms with E-state index < -0.39 is 6.04 Å². The minimum absolute atomic E-state index is 0.0157. The number of hydrogen-bond donors (Lipinski definition) is 0. The lowest BCUT2D eigenvalue weighted by molar-refractivity contribution is -0.157. The highest BCUT2D eigenvalue weighted by molar-refractivity contribution is 5.86. The third-order valence-corrected chi connectivity index (χ3v) is 4.58. The minimum atomic E-state index is -0.433. The van der Waals surface area contributed by atoms with Gasteiger partial charge < -0.3 is 9.64 Å². The zero-order chi connectivity index (χ0) is 17.0. The summed E-state index contributed by atoms with van der Waals surface area (Å²) in [6.07, 6.45) is 1.97. The largest absolute Gasteiger partial charge is 0.464 e. The van der Waals surface area contributed by atoms with E-state index in [0.717, 1.165) is 17.5 Å². The fourth-order valence-corrected chi connectivity index (χ4v) is 3.21. The highest BCUT2D eigenvalue weighted by atomic mass is 16.5. The van der Waals surface area contributed by atoms with Gasteiger partial charge >= 0.3 is 5.97 Å². The van der Waals surface area contributed by atoms with Crippen LogP contribution in [0.4, 0.5) is 0 Å². The Kier molecular flexibility index (Phi) is 5.80. The van der Waals surface area contributed by atoms with Crippen molar-refractivity contribution in [2.24, 2.45) is 5.92 Å². The molecule has 1 heterocycles. The minimum Gasteiger partial charge on any atom is -0.464 e. The van der Waals surface area contributed by atoms with E-state index in [-0.39, 0.29) is 11.9 Å². The second-order valence-corrected chi connectivity index (χ2v) is 6.59. The number of carbonyl (C=O) groups is 2. The predicted molar refractivity (Wildman–Crippen MR) is 90.2 cm³/mol. The van der Waals surface area contributed by atoms with Gasteiger partial charge in [0.25, 0.3) is 0 Å². The van der Waals surface area contributed by atoms with Crippen molar-refractivity contribution in [2.75, 3.05) is 13.2 Å². The van der Waals surface area contributed by atoms with E-state index >= 15 is 0 Å². The molecular weight excluding hydrogens is 290 g/mol. The quantitative estimate of drug-likeness (QED) is 0.802. The Hall–Kier alpha value is -1.84. The molecule has 0 N–H and O–H groups in total. The summed E-state index contributed by atoms with van der Waals surface area (Å²) in [4.78, 5) is 26.7. The topological polar surface area (TPSA) is 46.6 Å². The van der Waals surface area contributed by atoms with Crippen LogP contribution in [0.2, 0.25) is 0 Å². The number of aryl methyl sites for hydroxylation is 2. The van der Waals surface area contributed by atoms with Crippen LogP contribution in [-0.4, -0.2) is 36.0 Å². The highest BCUT2D eigenvalue weighted by Crippen LogP contribution is 2.25. The summed E-state index contributed by atoms with van der Waals surface area (Å²) in [7, 11) is 0. The van der Waals surface area contributed by atoms with Crippen molar-refractivity contribution in [1.82, 2.24) is 4.90 Å². The maximum absolute atomic E-state index is 12.7. The first-order valence-electron chi connectivity index (χ1n) is 8.44. The number of rotatable bonds is 4. The molecule has 1 aromatic rings. The molecule has 2 rings (SSSR count). The Morgan fingerprint density at radius 1 is 1.30 bits per heavy atom. The fourth-order valence-electron chi connectivity index (χ4n) is 3.21. The zero-order valence-electron chi connectivity index (χ0n) is 14.6. The number of piperidine rings is 1. The number of esters is 1. The molecule has 4 nitrogen and oxygen atoms in total. The lowest BCUT2D eigenvalue weighted by Gasteiger charge is -2.37. The predicted octanol–water partition coefficient (Wildman–Crippen LogP) is 3.04. The normalized spacial score (nSPS) is 21.1. The first kappa shape index (κ1) is 17.5. The van der Waals surface area contributed by atoms with Gasteiger partial charge in [-0.05, 0) is 50.7 Å². The van der Waals surface area contributed by atoms with Crippen molar-refractivity contribution in [3.63, 3.8) is 0 Å². The smallest absolute Gasteiger partial charge is 0.328 e. The van der Waals surface area contributed by atoms with Crippen LogP contribution in [0.3, 0.4) is 0 Å². The second-order valence-electron chi connectivity index (χ2n) is 6.59. The Bertz CT molecular complexity index is 582. The first-order chi connectivity index (χ1) is 10.9. The molecule has 0 radical (unpaired) electrons. The Labute approximate surface area is 138 Å². The maximum Gasteiger partial charge on any atom is 0.328 e. The molecule has 126 valence electrons. The number of carbonyl (C=O) groups excluding carboxylic acids is 2.